The molecule has 0 radical (unpaired) electrons. The number of anilines is 1. The van der Waals surface area contributed by atoms with E-state index >= 15 is 0 Å². The molecule has 1 fully saturated rings. The molecule has 3 amide bonds. The molecule has 0 aromatic heterocycles. The minimum Gasteiger partial charge on any atom is -0.378 e. The topological polar surface area (TPSA) is 65.0 Å². The number of carbonyl (C=O) groups excluding carboxylic acids is 2. The number of urea groups is 1. The summed E-state index contributed by atoms with van der Waals surface area (Å²) < 4.78 is 0. The lowest BCUT2D eigenvalue weighted by Gasteiger charge is -2.11. The largest absolute Gasteiger partial charge is 0.378 e. The van der Waals surface area contributed by atoms with E-state index in [0.29, 0.717) is 0 Å². The molecule has 1 saturated heterocycles. The van der Waals surface area contributed by atoms with Crippen molar-refractivity contribution in [1.29, 1.82) is 0 Å². The van der Waals surface area contributed by atoms with Gasteiger partial charge in [-0.15, -0.1) is 5.01 Å². The highest BCUT2D eigenvalue weighted by Crippen LogP contribution is 2.11. The number of hydrazone groups is 1. The molecule has 1 N–H and O–H groups in total. The molecule has 1 heterocycles. The van der Waals surface area contributed by atoms with Crippen molar-refractivity contribution in [2.45, 2.75) is 0 Å². The van der Waals surface area contributed by atoms with E-state index in [9.17, 15) is 9.59 Å². The Morgan fingerprint density at radius 1 is 1.28 bits per heavy atom. The van der Waals surface area contributed by atoms with Crippen LogP contribution in [0.3, 0.4) is 0 Å². The highest BCUT2D eigenvalue weighted by atomic mass is 16.2. The summed E-state index contributed by atoms with van der Waals surface area (Å²) in [6.07, 6.45) is 1.49. The van der Waals surface area contributed by atoms with Crippen LogP contribution in [0.15, 0.2) is 29.4 Å². The highest BCUT2D eigenvalue weighted by Gasteiger charge is 2.27. The Kier molecular flexibility index (Phi) is 3.27. The molecule has 2 rings (SSSR count). The van der Waals surface area contributed by atoms with E-state index < -0.39 is 6.03 Å². The number of rotatable bonds is 3. The SMILES string of the molecule is CN(C)c1ccc(/C=N\N2C(=O)CNC2=O)cc1. The summed E-state index contributed by atoms with van der Waals surface area (Å²) in [7, 11) is 3.91. The molecule has 6 nitrogen and oxygen atoms in total. The van der Waals surface area contributed by atoms with Gasteiger partial charge in [0.2, 0.25) is 0 Å². The molecule has 6 heteroatoms. The third-order valence-corrected chi connectivity index (χ3v) is 2.55. The zero-order valence-electron chi connectivity index (χ0n) is 10.3. The molecule has 1 aliphatic rings. The van der Waals surface area contributed by atoms with Crippen molar-refractivity contribution in [1.82, 2.24) is 10.3 Å². The van der Waals surface area contributed by atoms with Gasteiger partial charge in [-0.3, -0.25) is 4.79 Å². The van der Waals surface area contributed by atoms with Gasteiger partial charge in [-0.25, -0.2) is 4.79 Å². The van der Waals surface area contributed by atoms with Crippen molar-refractivity contribution in [3.63, 3.8) is 0 Å². The Labute approximate surface area is 105 Å². The Bertz CT molecular complexity index is 477. The van der Waals surface area contributed by atoms with Crippen LogP contribution in [0.5, 0.6) is 0 Å². The molecule has 0 atom stereocenters. The summed E-state index contributed by atoms with van der Waals surface area (Å²) in [4.78, 5) is 24.5. The first-order valence-corrected chi connectivity index (χ1v) is 5.50. The summed E-state index contributed by atoms with van der Waals surface area (Å²) >= 11 is 0. The second-order valence-corrected chi connectivity index (χ2v) is 4.09. The fraction of sp³-hybridized carbons (Fsp3) is 0.250. The normalized spacial score (nSPS) is 15.3. The van der Waals surface area contributed by atoms with Crippen molar-refractivity contribution in [2.24, 2.45) is 5.10 Å². The van der Waals surface area contributed by atoms with Crippen molar-refractivity contribution < 1.29 is 9.59 Å². The van der Waals surface area contributed by atoms with E-state index in [2.05, 4.69) is 10.4 Å². The van der Waals surface area contributed by atoms with Crippen molar-refractivity contribution in [3.05, 3.63) is 29.8 Å². The monoisotopic (exact) mass is 246 g/mol. The standard InChI is InChI=1S/C12H14N4O2/c1-15(2)10-5-3-9(4-6-10)7-14-16-11(17)8-13-12(16)18/h3-7H,8H2,1-2H3,(H,13,18)/b14-7-. The van der Waals surface area contributed by atoms with E-state index in [1.165, 1.54) is 6.21 Å². The summed E-state index contributed by atoms with van der Waals surface area (Å²) in [6.45, 7) is 0.00966. The lowest BCUT2D eigenvalue weighted by atomic mass is 10.2. The Hall–Kier alpha value is -2.37. The van der Waals surface area contributed by atoms with Crippen LogP contribution >= 0.6 is 0 Å². The number of amides is 3. The van der Waals surface area contributed by atoms with E-state index in [-0.39, 0.29) is 12.5 Å². The van der Waals surface area contributed by atoms with Crippen LogP contribution in [0, 0.1) is 0 Å². The van der Waals surface area contributed by atoms with E-state index in [4.69, 9.17) is 0 Å². The molecule has 0 aliphatic carbocycles. The first-order valence-electron chi connectivity index (χ1n) is 5.50. The van der Waals surface area contributed by atoms with Crippen molar-refractivity contribution >= 4 is 23.8 Å². The number of hydrogen-bond donors (Lipinski definition) is 1. The fourth-order valence-electron chi connectivity index (χ4n) is 1.51. The van der Waals surface area contributed by atoms with Crippen LogP contribution in [0.25, 0.3) is 0 Å². The third-order valence-electron chi connectivity index (χ3n) is 2.55. The van der Waals surface area contributed by atoms with Gasteiger partial charge in [0, 0.05) is 19.8 Å². The minimum absolute atomic E-state index is 0.00966. The van der Waals surface area contributed by atoms with Gasteiger partial charge in [-0.1, -0.05) is 12.1 Å². The van der Waals surface area contributed by atoms with Crippen molar-refractivity contribution in [2.75, 3.05) is 25.5 Å². The molecular formula is C12H14N4O2. The zero-order valence-corrected chi connectivity index (χ0v) is 10.3. The molecule has 0 spiro atoms. The summed E-state index contributed by atoms with van der Waals surface area (Å²) in [5.41, 5.74) is 1.90. The van der Waals surface area contributed by atoms with Crippen molar-refractivity contribution in [3.8, 4) is 0 Å². The number of carbonyl (C=O) groups is 2. The second-order valence-electron chi connectivity index (χ2n) is 4.09. The molecule has 1 aromatic rings. The summed E-state index contributed by atoms with van der Waals surface area (Å²) in [6, 6.07) is 7.14. The first-order chi connectivity index (χ1) is 8.58. The van der Waals surface area contributed by atoms with Gasteiger partial charge in [0.15, 0.2) is 0 Å². The van der Waals surface area contributed by atoms with E-state index in [1.807, 2.05) is 43.3 Å². The molecular weight excluding hydrogens is 232 g/mol. The summed E-state index contributed by atoms with van der Waals surface area (Å²) in [5, 5.41) is 7.09. The van der Waals surface area contributed by atoms with E-state index in [1.54, 1.807) is 0 Å². The molecule has 0 unspecified atom stereocenters. The van der Waals surface area contributed by atoms with Gasteiger partial charge in [0.25, 0.3) is 5.91 Å². The van der Waals surface area contributed by atoms with Crippen LogP contribution in [0.1, 0.15) is 5.56 Å². The van der Waals surface area contributed by atoms with Gasteiger partial charge < -0.3 is 10.2 Å². The molecule has 1 aromatic carbocycles. The predicted octanol–water partition coefficient (Wildman–Crippen LogP) is 0.638. The maximum absolute atomic E-state index is 11.3. The van der Waals surface area contributed by atoms with Gasteiger partial charge in [-0.2, -0.15) is 5.10 Å². The smallest absolute Gasteiger partial charge is 0.345 e. The Balaban J connectivity index is 2.09. The maximum atomic E-state index is 11.3. The zero-order chi connectivity index (χ0) is 13.1. The molecule has 1 aliphatic heterocycles. The molecule has 18 heavy (non-hydrogen) atoms. The Morgan fingerprint density at radius 3 is 2.44 bits per heavy atom. The third kappa shape index (κ3) is 2.48. The van der Waals surface area contributed by atoms with Crippen LogP contribution in [0.4, 0.5) is 10.5 Å². The fourth-order valence-corrected chi connectivity index (χ4v) is 1.51. The number of nitrogens with zero attached hydrogens (tertiary/aromatic N) is 3. The number of nitrogens with one attached hydrogen (secondary N) is 1. The second kappa shape index (κ2) is 4.87. The molecule has 0 bridgehead atoms. The van der Waals surface area contributed by atoms with Gasteiger partial charge in [-0.05, 0) is 17.7 Å². The van der Waals surface area contributed by atoms with Crippen LogP contribution in [-0.4, -0.2) is 43.8 Å². The summed E-state index contributed by atoms with van der Waals surface area (Å²) in [5.74, 6) is -0.346. The lowest BCUT2D eigenvalue weighted by molar-refractivity contribution is -0.124. The number of imide groups is 1. The maximum Gasteiger partial charge on any atom is 0.345 e. The average molecular weight is 246 g/mol. The number of hydrogen-bond acceptors (Lipinski definition) is 4. The van der Waals surface area contributed by atoms with Crippen LogP contribution in [0.2, 0.25) is 0 Å². The lowest BCUT2D eigenvalue weighted by Crippen LogP contribution is -2.25. The number of benzene rings is 1. The quantitative estimate of drug-likeness (QED) is 0.628. The van der Waals surface area contributed by atoms with Crippen LogP contribution in [-0.2, 0) is 4.79 Å². The predicted molar refractivity (Wildman–Crippen MR) is 68.6 cm³/mol. The van der Waals surface area contributed by atoms with E-state index in [0.717, 1.165) is 16.3 Å². The molecule has 94 valence electrons. The highest BCUT2D eigenvalue weighted by molar-refractivity contribution is 6.02. The van der Waals surface area contributed by atoms with Gasteiger partial charge >= 0.3 is 6.03 Å². The minimum atomic E-state index is -0.485. The van der Waals surface area contributed by atoms with Crippen LogP contribution < -0.4 is 10.2 Å². The van der Waals surface area contributed by atoms with Gasteiger partial charge in [0.1, 0.15) is 6.54 Å². The van der Waals surface area contributed by atoms with Gasteiger partial charge in [0.05, 0.1) is 6.21 Å². The first kappa shape index (κ1) is 12.1. The molecule has 0 saturated carbocycles. The Morgan fingerprint density at radius 2 is 1.94 bits per heavy atom. The average Bonchev–Trinajstić information content (AvgIpc) is 2.67.